The second-order valence-corrected chi connectivity index (χ2v) is 4.75. The Morgan fingerprint density at radius 2 is 2.39 bits per heavy atom. The number of nitrogens with zero attached hydrogens (tertiary/aromatic N) is 2. The van der Waals surface area contributed by atoms with Crippen LogP contribution >= 0.6 is 11.3 Å². The van der Waals surface area contributed by atoms with Gasteiger partial charge in [0.15, 0.2) is 0 Å². The number of aliphatic hydroxyl groups is 1. The van der Waals surface area contributed by atoms with Crippen LogP contribution in [0.3, 0.4) is 0 Å². The van der Waals surface area contributed by atoms with Gasteiger partial charge in [-0.05, 0) is 0 Å². The molecule has 1 aliphatic rings. The Balaban J connectivity index is 1.93. The Morgan fingerprint density at radius 3 is 3.00 bits per heavy atom. The third-order valence-corrected chi connectivity index (χ3v) is 3.36. The first-order valence-corrected chi connectivity index (χ1v) is 6.34. The van der Waals surface area contributed by atoms with Crippen molar-refractivity contribution >= 4 is 23.3 Å². The fraction of sp³-hybridized carbons (Fsp3) is 0.500. The fourth-order valence-electron chi connectivity index (χ4n) is 1.86. The third kappa shape index (κ3) is 2.77. The average molecular weight is 271 g/mol. The number of aliphatic hydroxyl groups excluding tert-OH is 1. The molecule has 0 unspecified atom stereocenters. The van der Waals surface area contributed by atoms with E-state index < -0.39 is 24.1 Å². The lowest BCUT2D eigenvalue weighted by Gasteiger charge is -2.21. The minimum Gasteiger partial charge on any atom is -0.480 e. The zero-order valence-electron chi connectivity index (χ0n) is 9.44. The van der Waals surface area contributed by atoms with Crippen LogP contribution in [0.25, 0.3) is 0 Å². The first-order chi connectivity index (χ1) is 8.58. The van der Waals surface area contributed by atoms with Gasteiger partial charge in [-0.3, -0.25) is 0 Å². The SMILES string of the molecule is O=C(O)[C@H]1C[C@@H](O)CN1C(=O)NCc1cscn1. The van der Waals surface area contributed by atoms with Gasteiger partial charge in [-0.1, -0.05) is 0 Å². The minimum absolute atomic E-state index is 0.0415. The molecule has 18 heavy (non-hydrogen) atoms. The van der Waals surface area contributed by atoms with Crippen LogP contribution in [0.4, 0.5) is 4.79 Å². The Labute approximate surface area is 107 Å². The van der Waals surface area contributed by atoms with Crippen LogP contribution in [0, 0.1) is 0 Å². The Hall–Kier alpha value is -1.67. The van der Waals surface area contributed by atoms with E-state index in [1.54, 1.807) is 10.9 Å². The maximum absolute atomic E-state index is 11.8. The maximum Gasteiger partial charge on any atom is 0.326 e. The molecule has 3 N–H and O–H groups in total. The number of carbonyl (C=O) groups is 2. The molecule has 1 aliphatic heterocycles. The lowest BCUT2D eigenvalue weighted by molar-refractivity contribution is -0.141. The number of carbonyl (C=O) groups excluding carboxylic acids is 1. The molecule has 0 aliphatic carbocycles. The van der Waals surface area contributed by atoms with Gasteiger partial charge in [0, 0.05) is 18.3 Å². The number of amides is 2. The molecular formula is C10H13N3O4S. The predicted molar refractivity (Wildman–Crippen MR) is 63.1 cm³/mol. The second-order valence-electron chi connectivity index (χ2n) is 4.03. The molecule has 7 nitrogen and oxygen atoms in total. The van der Waals surface area contributed by atoms with Crippen LogP contribution in [-0.2, 0) is 11.3 Å². The molecule has 0 spiro atoms. The number of urea groups is 1. The highest BCUT2D eigenvalue weighted by Gasteiger charge is 2.38. The Bertz CT molecular complexity index is 436. The van der Waals surface area contributed by atoms with Crippen LogP contribution in [0.1, 0.15) is 12.1 Å². The van der Waals surface area contributed by atoms with Crippen molar-refractivity contribution in [2.45, 2.75) is 25.1 Å². The van der Waals surface area contributed by atoms with Crippen LogP contribution in [0.2, 0.25) is 0 Å². The molecule has 0 radical (unpaired) electrons. The number of nitrogens with one attached hydrogen (secondary N) is 1. The number of hydrogen-bond acceptors (Lipinski definition) is 5. The molecule has 8 heteroatoms. The highest BCUT2D eigenvalue weighted by molar-refractivity contribution is 7.07. The molecule has 2 amide bonds. The summed E-state index contributed by atoms with van der Waals surface area (Å²) in [6.07, 6.45) is -0.712. The topological polar surface area (TPSA) is 103 Å². The molecule has 0 bridgehead atoms. The number of thiazole rings is 1. The van der Waals surface area contributed by atoms with Crippen molar-refractivity contribution in [2.75, 3.05) is 6.54 Å². The zero-order chi connectivity index (χ0) is 13.1. The summed E-state index contributed by atoms with van der Waals surface area (Å²) in [5.74, 6) is -1.10. The lowest BCUT2D eigenvalue weighted by Crippen LogP contribution is -2.45. The lowest BCUT2D eigenvalue weighted by atomic mass is 10.2. The number of carboxylic acids is 1. The summed E-state index contributed by atoms with van der Waals surface area (Å²) in [4.78, 5) is 27.9. The molecule has 2 rings (SSSR count). The molecule has 0 saturated carbocycles. The summed E-state index contributed by atoms with van der Waals surface area (Å²) in [5, 5.41) is 22.8. The quantitative estimate of drug-likeness (QED) is 0.710. The van der Waals surface area contributed by atoms with E-state index in [4.69, 9.17) is 5.11 Å². The van der Waals surface area contributed by atoms with Crippen LogP contribution < -0.4 is 5.32 Å². The molecule has 98 valence electrons. The van der Waals surface area contributed by atoms with Crippen molar-refractivity contribution in [3.8, 4) is 0 Å². The molecule has 2 heterocycles. The monoisotopic (exact) mass is 271 g/mol. The van der Waals surface area contributed by atoms with Gasteiger partial charge in [0.1, 0.15) is 6.04 Å². The van der Waals surface area contributed by atoms with Crippen molar-refractivity contribution in [2.24, 2.45) is 0 Å². The number of β-amino-alcohol motifs (C(OH)–C–C–N with tert-alkyl or cyclic N) is 1. The molecule has 1 fully saturated rings. The molecule has 1 aromatic rings. The number of carboxylic acid groups (broad SMARTS) is 1. The van der Waals surface area contributed by atoms with Crippen molar-refractivity contribution in [3.05, 3.63) is 16.6 Å². The third-order valence-electron chi connectivity index (χ3n) is 2.73. The maximum atomic E-state index is 11.8. The number of aliphatic carboxylic acids is 1. The standard InChI is InChI=1S/C10H13N3O4S/c14-7-1-8(9(15)16)13(3-7)10(17)11-2-6-4-18-5-12-6/h4-5,7-8,14H,1-3H2,(H,11,17)(H,15,16)/t7-,8-/m1/s1. The van der Waals surface area contributed by atoms with Gasteiger partial charge in [0.25, 0.3) is 0 Å². The van der Waals surface area contributed by atoms with Crippen molar-refractivity contribution in [3.63, 3.8) is 0 Å². The van der Waals surface area contributed by atoms with E-state index in [0.29, 0.717) is 0 Å². The minimum atomic E-state index is -1.10. The number of hydrogen-bond donors (Lipinski definition) is 3. The highest BCUT2D eigenvalue weighted by atomic mass is 32.1. The summed E-state index contributed by atoms with van der Waals surface area (Å²) < 4.78 is 0. The van der Waals surface area contributed by atoms with Crippen LogP contribution in [-0.4, -0.2) is 50.8 Å². The van der Waals surface area contributed by atoms with Gasteiger partial charge < -0.3 is 20.4 Å². The average Bonchev–Trinajstić information content (AvgIpc) is 2.94. The van der Waals surface area contributed by atoms with Gasteiger partial charge in [-0.15, -0.1) is 11.3 Å². The van der Waals surface area contributed by atoms with Crippen molar-refractivity contribution < 1.29 is 19.8 Å². The summed E-state index contributed by atoms with van der Waals surface area (Å²) in [7, 11) is 0. The van der Waals surface area contributed by atoms with Gasteiger partial charge in [0.05, 0.1) is 23.9 Å². The fourth-order valence-corrected chi connectivity index (χ4v) is 2.42. The summed E-state index contributed by atoms with van der Waals surface area (Å²) >= 11 is 1.42. The number of likely N-dealkylation sites (tertiary alicyclic amines) is 1. The molecule has 2 atom stereocenters. The summed E-state index contributed by atoms with van der Waals surface area (Å²) in [5.41, 5.74) is 2.38. The number of rotatable bonds is 3. The highest BCUT2D eigenvalue weighted by Crippen LogP contribution is 2.18. The van der Waals surface area contributed by atoms with Gasteiger partial charge >= 0.3 is 12.0 Å². The van der Waals surface area contributed by atoms with Crippen molar-refractivity contribution in [1.82, 2.24) is 15.2 Å². The zero-order valence-corrected chi connectivity index (χ0v) is 10.3. The van der Waals surface area contributed by atoms with Gasteiger partial charge in [-0.25, -0.2) is 14.6 Å². The smallest absolute Gasteiger partial charge is 0.326 e. The molecule has 0 aromatic carbocycles. The van der Waals surface area contributed by atoms with E-state index in [0.717, 1.165) is 10.6 Å². The predicted octanol–water partition coefficient (Wildman–Crippen LogP) is -0.127. The van der Waals surface area contributed by atoms with E-state index >= 15 is 0 Å². The normalized spacial score (nSPS) is 23.1. The van der Waals surface area contributed by atoms with Gasteiger partial charge in [0.2, 0.25) is 0 Å². The second kappa shape index (κ2) is 5.32. The molecule has 1 aromatic heterocycles. The van der Waals surface area contributed by atoms with E-state index in [9.17, 15) is 14.7 Å². The van der Waals surface area contributed by atoms with Crippen molar-refractivity contribution in [1.29, 1.82) is 0 Å². The summed E-state index contributed by atoms with van der Waals surface area (Å²) in [6.45, 7) is 0.293. The first kappa shape index (κ1) is 12.8. The molecule has 1 saturated heterocycles. The van der Waals surface area contributed by atoms with E-state index in [2.05, 4.69) is 10.3 Å². The van der Waals surface area contributed by atoms with E-state index in [1.807, 2.05) is 0 Å². The van der Waals surface area contributed by atoms with E-state index in [-0.39, 0.29) is 19.5 Å². The van der Waals surface area contributed by atoms with Gasteiger partial charge in [-0.2, -0.15) is 0 Å². The Kier molecular flexibility index (Phi) is 3.78. The first-order valence-electron chi connectivity index (χ1n) is 5.40. The molecular weight excluding hydrogens is 258 g/mol. The largest absolute Gasteiger partial charge is 0.480 e. The Morgan fingerprint density at radius 1 is 1.61 bits per heavy atom. The van der Waals surface area contributed by atoms with Crippen LogP contribution in [0.5, 0.6) is 0 Å². The summed E-state index contributed by atoms with van der Waals surface area (Å²) in [6, 6.07) is -1.46. The van der Waals surface area contributed by atoms with E-state index in [1.165, 1.54) is 11.3 Å². The number of aromatic nitrogens is 1. The van der Waals surface area contributed by atoms with Crippen LogP contribution in [0.15, 0.2) is 10.9 Å².